The zero-order valence-electron chi connectivity index (χ0n) is 15.5. The average Bonchev–Trinajstić information content (AvgIpc) is 2.38. The molecule has 0 saturated carbocycles. The summed E-state index contributed by atoms with van der Waals surface area (Å²) < 4.78 is -0.127. The molecule has 0 aromatic rings. The van der Waals surface area contributed by atoms with E-state index in [1.54, 1.807) is 14.1 Å². The highest BCUT2D eigenvalue weighted by molar-refractivity contribution is 4.49. The fourth-order valence-electron chi connectivity index (χ4n) is 2.69. The Morgan fingerprint density at radius 2 is 0.818 bits per heavy atom. The summed E-state index contributed by atoms with van der Waals surface area (Å²) in [5.41, 5.74) is 0. The molecule has 0 heterocycles. The summed E-state index contributed by atoms with van der Waals surface area (Å²) in [7, 11) is 3.48. The molecule has 138 valence electrons. The Labute approximate surface area is 139 Å². The van der Waals surface area contributed by atoms with Crippen molar-refractivity contribution in [3.05, 3.63) is 5.21 Å². The van der Waals surface area contributed by atoms with Gasteiger partial charge in [-0.05, 0) is 12.8 Å². The Hall–Kier alpha value is -0.160. The first-order chi connectivity index (χ1) is 9.56. The molecule has 0 aliphatic heterocycles. The molecule has 0 unspecified atom stereocenters. The fourth-order valence-corrected chi connectivity index (χ4v) is 2.69. The smallest absolute Gasteiger partial charge is 0.0779 e. The molecule has 0 radical (unpaired) electrons. The van der Waals surface area contributed by atoms with Gasteiger partial charge < -0.3 is 20.8 Å². The lowest BCUT2D eigenvalue weighted by atomic mass is 10.0. The van der Waals surface area contributed by atoms with Gasteiger partial charge in [0.05, 0.1) is 20.6 Å². The molecule has 0 spiro atoms. The van der Waals surface area contributed by atoms with E-state index in [9.17, 15) is 5.21 Å². The number of rotatable bonds is 15. The molecule has 0 aromatic heterocycles. The zero-order valence-corrected chi connectivity index (χ0v) is 15.5. The second-order valence-corrected chi connectivity index (χ2v) is 6.89. The summed E-state index contributed by atoms with van der Waals surface area (Å²) in [4.78, 5) is 0. The molecule has 0 saturated heterocycles. The largest absolute Gasteiger partial charge is 0.633 e. The molecule has 0 fully saturated rings. The van der Waals surface area contributed by atoms with Crippen molar-refractivity contribution >= 4 is 0 Å². The summed E-state index contributed by atoms with van der Waals surface area (Å²) in [5.74, 6) is 0. The number of hydrogen-bond acceptors (Lipinski definition) is 1. The van der Waals surface area contributed by atoms with Crippen molar-refractivity contribution < 1.29 is 15.6 Å². The van der Waals surface area contributed by atoms with Gasteiger partial charge in [0.1, 0.15) is 0 Å². The maximum atomic E-state index is 11.4. The summed E-state index contributed by atoms with van der Waals surface area (Å²) >= 11 is 0. The molecular weight excluding hydrogens is 278 g/mol. The fraction of sp³-hybridized carbons (Fsp3) is 1.00. The quantitative estimate of drug-likeness (QED) is 0.250. The predicted octanol–water partition coefficient (Wildman–Crippen LogP) is 4.39. The van der Waals surface area contributed by atoms with Crippen molar-refractivity contribution in [2.45, 2.75) is 96.8 Å². The lowest BCUT2D eigenvalue weighted by molar-refractivity contribution is -0.840. The lowest BCUT2D eigenvalue weighted by Crippen LogP contribution is -2.32. The van der Waals surface area contributed by atoms with E-state index in [-0.39, 0.29) is 15.6 Å². The number of hydroxylamine groups is 3. The Morgan fingerprint density at radius 3 is 1.09 bits per heavy atom. The van der Waals surface area contributed by atoms with Gasteiger partial charge in [-0.2, -0.15) is 0 Å². The maximum Gasteiger partial charge on any atom is 0.0779 e. The van der Waals surface area contributed by atoms with Crippen LogP contribution in [0.5, 0.6) is 0 Å². The van der Waals surface area contributed by atoms with Gasteiger partial charge in [-0.3, -0.25) is 0 Å². The predicted molar refractivity (Wildman–Crippen MR) is 97.9 cm³/mol. The highest BCUT2D eigenvalue weighted by Gasteiger charge is 2.00. The van der Waals surface area contributed by atoms with E-state index in [4.69, 9.17) is 0 Å². The van der Waals surface area contributed by atoms with Crippen molar-refractivity contribution in [1.82, 2.24) is 0 Å². The van der Waals surface area contributed by atoms with Crippen LogP contribution >= 0.6 is 0 Å². The monoisotopic (exact) mass is 321 g/mol. The number of hydrogen-bond donors (Lipinski definition) is 0. The SMILES string of the molecule is CCCCCCCCCCCCCCCC[N+](C)(C)[O-].O.O. The highest BCUT2D eigenvalue weighted by atomic mass is 16.5. The van der Waals surface area contributed by atoms with Gasteiger partial charge in [-0.15, -0.1) is 0 Å². The maximum absolute atomic E-state index is 11.4. The molecule has 0 atom stereocenters. The van der Waals surface area contributed by atoms with Crippen molar-refractivity contribution in [3.63, 3.8) is 0 Å². The number of quaternary nitrogens is 1. The topological polar surface area (TPSA) is 86.1 Å². The second-order valence-electron chi connectivity index (χ2n) is 6.89. The number of unbranched alkanes of at least 4 members (excludes halogenated alkanes) is 13. The molecule has 4 N–H and O–H groups in total. The Kier molecular flexibility index (Phi) is 22.9. The Bertz CT molecular complexity index is 193. The van der Waals surface area contributed by atoms with Crippen LogP contribution in [0.2, 0.25) is 0 Å². The van der Waals surface area contributed by atoms with E-state index in [0.717, 1.165) is 13.0 Å². The summed E-state index contributed by atoms with van der Waals surface area (Å²) in [5, 5.41) is 11.4. The van der Waals surface area contributed by atoms with Crippen LogP contribution in [0, 0.1) is 5.21 Å². The molecule has 22 heavy (non-hydrogen) atoms. The minimum Gasteiger partial charge on any atom is -0.633 e. The molecular formula is C18H43NO3. The van der Waals surface area contributed by atoms with Crippen LogP contribution in [0.4, 0.5) is 0 Å². The van der Waals surface area contributed by atoms with E-state index in [1.807, 2.05) is 0 Å². The van der Waals surface area contributed by atoms with E-state index in [2.05, 4.69) is 6.92 Å². The Balaban J connectivity index is -0.00000180. The molecule has 0 amide bonds. The lowest BCUT2D eigenvalue weighted by Gasteiger charge is -2.33. The van der Waals surface area contributed by atoms with Gasteiger partial charge in [0, 0.05) is 0 Å². The third-order valence-electron chi connectivity index (χ3n) is 4.05. The molecule has 0 aromatic carbocycles. The van der Waals surface area contributed by atoms with Crippen LogP contribution in [0.1, 0.15) is 96.8 Å². The van der Waals surface area contributed by atoms with Crippen molar-refractivity contribution in [2.75, 3.05) is 20.6 Å². The van der Waals surface area contributed by atoms with Crippen LogP contribution in [0.25, 0.3) is 0 Å². The minimum absolute atomic E-state index is 0. The van der Waals surface area contributed by atoms with Crippen molar-refractivity contribution in [2.24, 2.45) is 0 Å². The molecule has 0 rings (SSSR count). The molecule has 0 aliphatic carbocycles. The van der Waals surface area contributed by atoms with Crippen LogP contribution in [0.3, 0.4) is 0 Å². The van der Waals surface area contributed by atoms with Crippen LogP contribution < -0.4 is 0 Å². The van der Waals surface area contributed by atoms with Gasteiger partial charge in [0.15, 0.2) is 0 Å². The van der Waals surface area contributed by atoms with Crippen LogP contribution in [-0.2, 0) is 0 Å². The first-order valence-corrected chi connectivity index (χ1v) is 9.10. The first-order valence-electron chi connectivity index (χ1n) is 9.10. The molecule has 4 nitrogen and oxygen atoms in total. The van der Waals surface area contributed by atoms with E-state index in [0.29, 0.717) is 0 Å². The minimum atomic E-state index is -0.127. The third-order valence-corrected chi connectivity index (χ3v) is 4.05. The average molecular weight is 322 g/mol. The molecule has 4 heteroatoms. The van der Waals surface area contributed by atoms with Gasteiger partial charge in [-0.1, -0.05) is 84.0 Å². The summed E-state index contributed by atoms with van der Waals surface area (Å²) in [6.07, 6.45) is 19.2. The first kappa shape index (κ1) is 26.7. The van der Waals surface area contributed by atoms with E-state index >= 15 is 0 Å². The standard InChI is InChI=1S/C18H39NO.2H2O/c1-4-5-6-7-8-9-10-11-12-13-14-15-16-17-18-19(2,3)20;;/h4-18H2,1-3H3;2*1H2. The van der Waals surface area contributed by atoms with Crippen molar-refractivity contribution in [3.8, 4) is 0 Å². The van der Waals surface area contributed by atoms with E-state index in [1.165, 1.54) is 83.5 Å². The van der Waals surface area contributed by atoms with Crippen molar-refractivity contribution in [1.29, 1.82) is 0 Å². The van der Waals surface area contributed by atoms with Crippen LogP contribution in [0.15, 0.2) is 0 Å². The normalized spacial score (nSPS) is 10.9. The highest BCUT2D eigenvalue weighted by Crippen LogP contribution is 2.13. The number of nitrogens with zero attached hydrogens (tertiary/aromatic N) is 1. The van der Waals surface area contributed by atoms with Gasteiger partial charge >= 0.3 is 0 Å². The summed E-state index contributed by atoms with van der Waals surface area (Å²) in [6, 6.07) is 0. The third kappa shape index (κ3) is 24.8. The molecule has 0 bridgehead atoms. The molecule has 0 aliphatic rings. The Morgan fingerprint density at radius 1 is 0.545 bits per heavy atom. The second kappa shape index (κ2) is 18.9. The van der Waals surface area contributed by atoms with Gasteiger partial charge in [0.25, 0.3) is 0 Å². The summed E-state index contributed by atoms with van der Waals surface area (Å²) in [6.45, 7) is 3.05. The zero-order chi connectivity index (χ0) is 15.1. The van der Waals surface area contributed by atoms with Crippen LogP contribution in [-0.4, -0.2) is 36.2 Å². The van der Waals surface area contributed by atoms with E-state index < -0.39 is 0 Å². The van der Waals surface area contributed by atoms with Gasteiger partial charge in [0.2, 0.25) is 0 Å². The van der Waals surface area contributed by atoms with Gasteiger partial charge in [-0.25, -0.2) is 0 Å².